The lowest BCUT2D eigenvalue weighted by Gasteiger charge is -2.09. The summed E-state index contributed by atoms with van der Waals surface area (Å²) >= 11 is 6.17. The predicted octanol–water partition coefficient (Wildman–Crippen LogP) is 3.23. The van der Waals surface area contributed by atoms with Crippen molar-refractivity contribution in [2.24, 2.45) is 0 Å². The van der Waals surface area contributed by atoms with Gasteiger partial charge in [-0.2, -0.15) is 0 Å². The van der Waals surface area contributed by atoms with Crippen LogP contribution in [0.15, 0.2) is 42.5 Å². The number of ether oxygens (including phenoxy) is 1. The molecule has 103 valence electrons. The van der Waals surface area contributed by atoms with Gasteiger partial charge in [0, 0.05) is 5.02 Å². The number of rotatable bonds is 6. The molecule has 0 fully saturated rings. The van der Waals surface area contributed by atoms with E-state index in [-0.39, 0.29) is 0 Å². The summed E-state index contributed by atoms with van der Waals surface area (Å²) in [6.07, 6.45) is 0.688. The van der Waals surface area contributed by atoms with Gasteiger partial charge in [0.2, 0.25) is 0 Å². The molecule has 0 aliphatic heterocycles. The topological polar surface area (TPSA) is 38.7 Å². The van der Waals surface area contributed by atoms with Crippen LogP contribution in [0.5, 0.6) is 11.5 Å². The largest absolute Gasteiger partial charge is 0.569 e. The highest BCUT2D eigenvalue weighted by Crippen LogP contribution is 2.25. The average Bonchev–Trinajstić information content (AvgIpc) is 2.45. The Labute approximate surface area is 124 Å². The summed E-state index contributed by atoms with van der Waals surface area (Å²) in [5, 5.41) is 9.33. The zero-order valence-electron chi connectivity index (χ0n) is 11.2. The van der Waals surface area contributed by atoms with Crippen LogP contribution >= 0.6 is 11.6 Å². The normalized spacial score (nSPS) is 10.2. The quantitative estimate of drug-likeness (QED) is 0.830. The summed E-state index contributed by atoms with van der Waals surface area (Å²) in [6, 6.07) is 13.2. The molecule has 0 amide bonds. The van der Waals surface area contributed by atoms with E-state index >= 15 is 0 Å². The first-order valence-corrected chi connectivity index (χ1v) is 6.73. The fraction of sp³-hybridized carbons (Fsp3) is 0.200. The van der Waals surface area contributed by atoms with Crippen LogP contribution in [0.25, 0.3) is 0 Å². The molecule has 0 heterocycles. The first-order chi connectivity index (χ1) is 9.72. The van der Waals surface area contributed by atoms with E-state index in [9.17, 15) is 0 Å². The van der Waals surface area contributed by atoms with Gasteiger partial charge >= 0.3 is 7.69 Å². The predicted molar refractivity (Wildman–Crippen MR) is 80.5 cm³/mol. The fourth-order valence-electron chi connectivity index (χ4n) is 1.91. The van der Waals surface area contributed by atoms with Crippen molar-refractivity contribution < 1.29 is 14.4 Å². The van der Waals surface area contributed by atoms with Gasteiger partial charge in [-0.25, -0.2) is 0 Å². The number of hydrogen-bond donors (Lipinski definition) is 1. The number of hydrogen-bond acceptors (Lipinski definition) is 3. The zero-order chi connectivity index (χ0) is 14.4. The molecule has 0 unspecified atom stereocenters. The molecule has 5 heteroatoms. The Morgan fingerprint density at radius 1 is 1.10 bits per heavy atom. The number of benzene rings is 2. The zero-order valence-corrected chi connectivity index (χ0v) is 11.9. The summed E-state index contributed by atoms with van der Waals surface area (Å²) in [4.78, 5) is 0. The van der Waals surface area contributed by atoms with Gasteiger partial charge in [-0.05, 0) is 54.8 Å². The van der Waals surface area contributed by atoms with Crippen LogP contribution in [0.4, 0.5) is 0 Å². The molecule has 0 aliphatic rings. The van der Waals surface area contributed by atoms with Crippen molar-refractivity contribution in [3.05, 3.63) is 58.6 Å². The second kappa shape index (κ2) is 7.22. The average molecular weight is 290 g/mol. The second-order valence-corrected chi connectivity index (χ2v) is 4.64. The van der Waals surface area contributed by atoms with Gasteiger partial charge in [-0.3, -0.25) is 0 Å². The summed E-state index contributed by atoms with van der Waals surface area (Å²) in [6.45, 7) is 2.61. The van der Waals surface area contributed by atoms with E-state index < -0.39 is 0 Å². The van der Waals surface area contributed by atoms with Crippen molar-refractivity contribution in [2.45, 2.75) is 13.3 Å². The van der Waals surface area contributed by atoms with Gasteiger partial charge in [0.25, 0.3) is 0 Å². The molecule has 2 aromatic carbocycles. The molecular formula is C15H15BClO3. The Bertz CT molecular complexity index is 558. The van der Waals surface area contributed by atoms with Gasteiger partial charge < -0.3 is 14.4 Å². The van der Waals surface area contributed by atoms with Gasteiger partial charge in [0.15, 0.2) is 0 Å². The second-order valence-electron chi connectivity index (χ2n) is 4.23. The Morgan fingerprint density at radius 2 is 1.80 bits per heavy atom. The van der Waals surface area contributed by atoms with Crippen molar-refractivity contribution in [3.8, 4) is 11.5 Å². The maximum Gasteiger partial charge on any atom is 0.569 e. The van der Waals surface area contributed by atoms with Crippen LogP contribution in [0, 0.1) is 0 Å². The van der Waals surface area contributed by atoms with Gasteiger partial charge in [-0.15, -0.1) is 0 Å². The van der Waals surface area contributed by atoms with Crippen LogP contribution < -0.4 is 9.39 Å². The smallest absolute Gasteiger partial charge is 0.537 e. The molecule has 2 rings (SSSR count). The van der Waals surface area contributed by atoms with E-state index in [2.05, 4.69) is 0 Å². The minimum absolute atomic E-state index is 0.554. The lowest BCUT2D eigenvalue weighted by atomic mass is 10.0. The molecule has 0 spiro atoms. The molecule has 20 heavy (non-hydrogen) atoms. The van der Waals surface area contributed by atoms with E-state index in [0.29, 0.717) is 31.5 Å². The van der Waals surface area contributed by atoms with E-state index in [1.54, 1.807) is 12.1 Å². The molecule has 0 aliphatic carbocycles. The molecule has 0 saturated heterocycles. The highest BCUT2D eigenvalue weighted by atomic mass is 35.5. The molecule has 2 aromatic rings. The minimum Gasteiger partial charge on any atom is -0.537 e. The van der Waals surface area contributed by atoms with Crippen molar-refractivity contribution >= 4 is 19.3 Å². The molecule has 0 saturated carbocycles. The van der Waals surface area contributed by atoms with E-state index in [4.69, 9.17) is 26.0 Å². The third kappa shape index (κ3) is 3.92. The first-order valence-electron chi connectivity index (χ1n) is 6.35. The Balaban J connectivity index is 2.14. The van der Waals surface area contributed by atoms with Crippen LogP contribution in [0.3, 0.4) is 0 Å². The van der Waals surface area contributed by atoms with Crippen molar-refractivity contribution in [3.63, 3.8) is 0 Å². The molecule has 3 nitrogen and oxygen atoms in total. The minimum atomic E-state index is 0.554. The summed E-state index contributed by atoms with van der Waals surface area (Å²) in [5.41, 5.74) is 2.07. The van der Waals surface area contributed by atoms with Crippen LogP contribution in [0.2, 0.25) is 5.02 Å². The highest BCUT2D eigenvalue weighted by Gasteiger charge is 2.05. The van der Waals surface area contributed by atoms with Crippen molar-refractivity contribution in [2.75, 3.05) is 6.61 Å². The molecule has 1 N–H and O–H groups in total. The summed E-state index contributed by atoms with van der Waals surface area (Å²) < 4.78 is 10.4. The summed E-state index contributed by atoms with van der Waals surface area (Å²) in [5.74, 6) is 1.41. The van der Waals surface area contributed by atoms with Gasteiger partial charge in [0.1, 0.15) is 11.5 Å². The molecule has 0 aromatic heterocycles. The van der Waals surface area contributed by atoms with E-state index in [0.717, 1.165) is 16.9 Å². The Hall–Kier alpha value is -1.65. The van der Waals surface area contributed by atoms with Crippen LogP contribution in [-0.2, 0) is 6.42 Å². The lowest BCUT2D eigenvalue weighted by molar-refractivity contribution is 0.340. The summed E-state index contributed by atoms with van der Waals surface area (Å²) in [7, 11) is 0.657. The van der Waals surface area contributed by atoms with Crippen LogP contribution in [0.1, 0.15) is 18.1 Å². The highest BCUT2D eigenvalue weighted by molar-refractivity contribution is 6.31. The third-order valence-electron chi connectivity index (χ3n) is 2.83. The molecule has 1 radical (unpaired) electrons. The van der Waals surface area contributed by atoms with E-state index in [1.165, 1.54) is 0 Å². The molecule has 0 atom stereocenters. The Kier molecular flexibility index (Phi) is 5.33. The van der Waals surface area contributed by atoms with Crippen LogP contribution in [-0.4, -0.2) is 19.3 Å². The maximum atomic E-state index is 8.66. The molecular weight excluding hydrogens is 274 g/mol. The van der Waals surface area contributed by atoms with Gasteiger partial charge in [-0.1, -0.05) is 23.7 Å². The lowest BCUT2D eigenvalue weighted by Crippen LogP contribution is -2.00. The van der Waals surface area contributed by atoms with Crippen molar-refractivity contribution in [1.29, 1.82) is 0 Å². The molecule has 0 bridgehead atoms. The maximum absolute atomic E-state index is 8.66. The Morgan fingerprint density at radius 3 is 2.45 bits per heavy atom. The fourth-order valence-corrected chi connectivity index (χ4v) is 2.10. The monoisotopic (exact) mass is 289 g/mol. The first kappa shape index (κ1) is 14.8. The van der Waals surface area contributed by atoms with Gasteiger partial charge in [0.05, 0.1) is 6.61 Å². The SMILES string of the molecule is CCOc1ccc(Cc2cc(O[B]O)ccc2Cl)cc1. The van der Waals surface area contributed by atoms with E-state index in [1.807, 2.05) is 37.3 Å². The number of halogens is 1. The standard InChI is InChI=1S/C15H15BClO3/c1-2-19-13-5-3-11(4-6-13)9-12-10-14(20-16-18)7-8-15(12)17/h3-8,10,18H,2,9H2,1H3. The third-order valence-corrected chi connectivity index (χ3v) is 3.20. The van der Waals surface area contributed by atoms with Crippen molar-refractivity contribution in [1.82, 2.24) is 0 Å².